The number of thioether (sulfide) groups is 1. The summed E-state index contributed by atoms with van der Waals surface area (Å²) in [7, 11) is 1.41. The fraction of sp³-hybridized carbons (Fsp3) is 0.692. The SMILES string of the molecule is CCOC(=O)CCN(SN(C)C(=O)ON=C(C)SC)C(=O)OCC. The number of oxime groups is 1. The third-order valence-electron chi connectivity index (χ3n) is 2.32. The average molecular weight is 381 g/mol. The van der Waals surface area contributed by atoms with E-state index in [2.05, 4.69) is 5.16 Å². The fourth-order valence-electron chi connectivity index (χ4n) is 1.17. The van der Waals surface area contributed by atoms with Gasteiger partial charge >= 0.3 is 18.2 Å². The minimum absolute atomic E-state index is 0.0209. The van der Waals surface area contributed by atoms with E-state index in [9.17, 15) is 14.4 Å². The van der Waals surface area contributed by atoms with Crippen molar-refractivity contribution in [3.05, 3.63) is 0 Å². The average Bonchev–Trinajstić information content (AvgIpc) is 2.56. The van der Waals surface area contributed by atoms with Gasteiger partial charge in [0.05, 0.1) is 31.8 Å². The van der Waals surface area contributed by atoms with Crippen LogP contribution in [0.3, 0.4) is 0 Å². The molecule has 0 rings (SSSR count). The molecule has 0 aliphatic heterocycles. The van der Waals surface area contributed by atoms with Crippen molar-refractivity contribution in [1.29, 1.82) is 0 Å². The molecule has 0 aromatic carbocycles. The largest absolute Gasteiger partial charge is 0.466 e. The molecule has 0 unspecified atom stereocenters. The van der Waals surface area contributed by atoms with Crippen LogP contribution in [0.25, 0.3) is 0 Å². The summed E-state index contributed by atoms with van der Waals surface area (Å²) in [5.74, 6) is -0.446. The maximum Gasteiger partial charge on any atom is 0.447 e. The summed E-state index contributed by atoms with van der Waals surface area (Å²) >= 11 is 2.09. The van der Waals surface area contributed by atoms with Gasteiger partial charge in [-0.2, -0.15) is 0 Å². The lowest BCUT2D eigenvalue weighted by Gasteiger charge is -2.23. The van der Waals surface area contributed by atoms with Crippen molar-refractivity contribution in [2.75, 3.05) is 33.1 Å². The van der Waals surface area contributed by atoms with Crippen molar-refractivity contribution in [3.63, 3.8) is 0 Å². The number of rotatable bonds is 8. The smallest absolute Gasteiger partial charge is 0.447 e. The zero-order chi connectivity index (χ0) is 18.5. The second-order valence-corrected chi connectivity index (χ2v) is 6.26. The fourth-order valence-corrected chi connectivity index (χ4v) is 1.97. The monoisotopic (exact) mass is 381 g/mol. The number of ether oxygens (including phenoxy) is 2. The molecule has 11 heteroatoms. The van der Waals surface area contributed by atoms with Gasteiger partial charge in [-0.25, -0.2) is 18.2 Å². The van der Waals surface area contributed by atoms with Gasteiger partial charge in [0.1, 0.15) is 5.04 Å². The predicted octanol–water partition coefficient (Wildman–Crippen LogP) is 2.73. The quantitative estimate of drug-likeness (QED) is 0.158. The lowest BCUT2D eigenvalue weighted by Crippen LogP contribution is -2.33. The van der Waals surface area contributed by atoms with Gasteiger partial charge in [0.15, 0.2) is 0 Å². The second-order valence-electron chi connectivity index (χ2n) is 4.11. The molecule has 2 amide bonds. The van der Waals surface area contributed by atoms with Gasteiger partial charge in [-0.05, 0) is 27.0 Å². The van der Waals surface area contributed by atoms with Gasteiger partial charge in [-0.3, -0.25) is 9.63 Å². The molecule has 0 saturated carbocycles. The van der Waals surface area contributed by atoms with Crippen LogP contribution in [-0.2, 0) is 19.1 Å². The molecular formula is C13H23N3O6S2. The highest BCUT2D eigenvalue weighted by atomic mass is 32.2. The molecule has 138 valence electrons. The van der Waals surface area contributed by atoms with Gasteiger partial charge in [0.2, 0.25) is 0 Å². The predicted molar refractivity (Wildman–Crippen MR) is 93.4 cm³/mol. The molecule has 0 radical (unpaired) electrons. The first-order valence-electron chi connectivity index (χ1n) is 7.16. The van der Waals surface area contributed by atoms with Crippen molar-refractivity contribution in [3.8, 4) is 0 Å². The van der Waals surface area contributed by atoms with Gasteiger partial charge in [-0.1, -0.05) is 5.16 Å². The Hall–Kier alpha value is -1.62. The molecule has 24 heavy (non-hydrogen) atoms. The lowest BCUT2D eigenvalue weighted by atomic mass is 10.4. The van der Waals surface area contributed by atoms with Crippen molar-refractivity contribution < 1.29 is 28.7 Å². The number of esters is 1. The maximum absolute atomic E-state index is 11.9. The maximum atomic E-state index is 11.9. The van der Waals surface area contributed by atoms with E-state index in [0.29, 0.717) is 5.04 Å². The first kappa shape index (κ1) is 22.4. The van der Waals surface area contributed by atoms with E-state index in [4.69, 9.17) is 14.3 Å². The Morgan fingerprint density at radius 1 is 1.08 bits per heavy atom. The number of nitrogens with zero attached hydrogens (tertiary/aromatic N) is 3. The molecule has 0 fully saturated rings. The Labute approximate surface area is 150 Å². The van der Waals surface area contributed by atoms with Crippen LogP contribution >= 0.6 is 23.9 Å². The minimum atomic E-state index is -0.765. The molecule has 0 saturated heterocycles. The summed E-state index contributed by atoms with van der Waals surface area (Å²) in [5, 5.41) is 4.19. The highest BCUT2D eigenvalue weighted by Crippen LogP contribution is 2.18. The molecule has 0 aromatic rings. The number of hydrogen-bond donors (Lipinski definition) is 0. The molecule has 0 aliphatic carbocycles. The minimum Gasteiger partial charge on any atom is -0.466 e. The van der Waals surface area contributed by atoms with Gasteiger partial charge < -0.3 is 9.47 Å². The molecule has 0 N–H and O–H groups in total. The number of hydrogen-bond acceptors (Lipinski definition) is 9. The summed E-state index contributed by atoms with van der Waals surface area (Å²) in [6, 6.07) is 0. The Bertz CT molecular complexity index is 461. The molecule has 0 spiro atoms. The zero-order valence-corrected chi connectivity index (χ0v) is 16.1. The highest BCUT2D eigenvalue weighted by molar-refractivity contribution is 8.13. The van der Waals surface area contributed by atoms with Crippen molar-refractivity contribution >= 4 is 47.1 Å². The standard InChI is InChI=1S/C13H23N3O6S2/c1-6-20-11(17)8-9-16(13(19)21-7-2)24-15(4)12(18)22-14-10(3)23-5/h6-9H2,1-5H3. The van der Waals surface area contributed by atoms with Crippen LogP contribution in [0.1, 0.15) is 27.2 Å². The summed E-state index contributed by atoms with van der Waals surface area (Å²) in [4.78, 5) is 39.9. The van der Waals surface area contributed by atoms with Gasteiger partial charge in [0.25, 0.3) is 0 Å². The molecule has 0 heterocycles. The molecule has 0 bridgehead atoms. The Balaban J connectivity index is 4.69. The van der Waals surface area contributed by atoms with Crippen LogP contribution in [0.2, 0.25) is 0 Å². The van der Waals surface area contributed by atoms with E-state index in [0.717, 1.165) is 20.7 Å². The number of carbonyl (C=O) groups is 3. The van der Waals surface area contributed by atoms with Crippen molar-refractivity contribution in [1.82, 2.24) is 8.61 Å². The third-order valence-corrected chi connectivity index (χ3v) is 3.91. The van der Waals surface area contributed by atoms with E-state index in [1.165, 1.54) is 18.8 Å². The molecule has 0 aromatic heterocycles. The van der Waals surface area contributed by atoms with Crippen LogP contribution in [-0.4, -0.2) is 64.9 Å². The Kier molecular flexibility index (Phi) is 11.9. The van der Waals surface area contributed by atoms with Crippen LogP contribution in [0, 0.1) is 0 Å². The first-order valence-corrected chi connectivity index (χ1v) is 9.12. The van der Waals surface area contributed by atoms with Crippen LogP contribution in [0.5, 0.6) is 0 Å². The Morgan fingerprint density at radius 3 is 2.25 bits per heavy atom. The topological polar surface area (TPSA) is 97.7 Å². The van der Waals surface area contributed by atoms with Gasteiger partial charge in [-0.15, -0.1) is 11.8 Å². The molecular weight excluding hydrogens is 358 g/mol. The van der Waals surface area contributed by atoms with E-state index in [1.54, 1.807) is 27.0 Å². The summed E-state index contributed by atoms with van der Waals surface area (Å²) < 4.78 is 11.9. The molecule has 0 atom stereocenters. The number of carbonyl (C=O) groups excluding carboxylic acids is 3. The van der Waals surface area contributed by atoms with E-state index in [1.807, 2.05) is 0 Å². The Morgan fingerprint density at radius 2 is 1.71 bits per heavy atom. The van der Waals surface area contributed by atoms with Crippen LogP contribution in [0.4, 0.5) is 9.59 Å². The lowest BCUT2D eigenvalue weighted by molar-refractivity contribution is -0.143. The summed E-state index contributed by atoms with van der Waals surface area (Å²) in [5.41, 5.74) is 0. The van der Waals surface area contributed by atoms with Crippen LogP contribution < -0.4 is 0 Å². The second kappa shape index (κ2) is 12.8. The first-order chi connectivity index (χ1) is 11.3. The third kappa shape index (κ3) is 9.50. The van der Waals surface area contributed by atoms with Crippen molar-refractivity contribution in [2.24, 2.45) is 5.16 Å². The van der Waals surface area contributed by atoms with Crippen LogP contribution in [0.15, 0.2) is 5.16 Å². The normalized spacial score (nSPS) is 10.8. The highest BCUT2D eigenvalue weighted by Gasteiger charge is 2.23. The molecule has 0 aliphatic rings. The van der Waals surface area contributed by atoms with E-state index < -0.39 is 18.2 Å². The van der Waals surface area contributed by atoms with E-state index in [-0.39, 0.29) is 26.2 Å². The number of amides is 2. The zero-order valence-electron chi connectivity index (χ0n) is 14.4. The van der Waals surface area contributed by atoms with E-state index >= 15 is 0 Å². The van der Waals surface area contributed by atoms with Gasteiger partial charge in [0, 0.05) is 13.6 Å². The van der Waals surface area contributed by atoms with Crippen molar-refractivity contribution in [2.45, 2.75) is 27.2 Å². The summed E-state index contributed by atoms with van der Waals surface area (Å²) in [6.07, 6.45) is 0.337. The molecule has 9 nitrogen and oxygen atoms in total. The summed E-state index contributed by atoms with van der Waals surface area (Å²) in [6.45, 7) is 5.48.